The van der Waals surface area contributed by atoms with E-state index in [2.05, 4.69) is 5.32 Å². The highest BCUT2D eigenvalue weighted by atomic mass is 32.2. The topological polar surface area (TPSA) is 72.2 Å². The second-order valence-corrected chi connectivity index (χ2v) is 6.02. The van der Waals surface area contributed by atoms with Gasteiger partial charge in [0.25, 0.3) is 0 Å². The highest BCUT2D eigenvalue weighted by Gasteiger charge is 2.24. The first-order chi connectivity index (χ1) is 6.37. The van der Waals surface area contributed by atoms with E-state index in [4.69, 9.17) is 5.73 Å². The molecule has 0 aliphatic heterocycles. The van der Waals surface area contributed by atoms with Crippen molar-refractivity contribution >= 4 is 16.7 Å². The SMILES string of the molecule is CC(C)(N)CS(=O)CC(=O)NC1CC1. The van der Waals surface area contributed by atoms with Gasteiger partial charge in [0.05, 0.1) is 0 Å². The fourth-order valence-electron chi connectivity index (χ4n) is 1.11. The number of hydrogen-bond donors (Lipinski definition) is 2. The van der Waals surface area contributed by atoms with Crippen molar-refractivity contribution < 1.29 is 9.00 Å². The van der Waals surface area contributed by atoms with Crippen LogP contribution in [0.1, 0.15) is 26.7 Å². The van der Waals surface area contributed by atoms with Crippen molar-refractivity contribution in [2.45, 2.75) is 38.3 Å². The third-order valence-electron chi connectivity index (χ3n) is 1.77. The molecule has 0 aromatic heterocycles. The maximum atomic E-state index is 11.4. The molecule has 0 bridgehead atoms. The van der Waals surface area contributed by atoms with Gasteiger partial charge in [-0.15, -0.1) is 0 Å². The lowest BCUT2D eigenvalue weighted by Gasteiger charge is -2.17. The maximum absolute atomic E-state index is 11.4. The maximum Gasteiger partial charge on any atom is 0.232 e. The predicted octanol–water partition coefficient (Wildman–Crippen LogP) is -0.249. The lowest BCUT2D eigenvalue weighted by Crippen LogP contribution is -2.40. The Morgan fingerprint density at radius 3 is 2.57 bits per heavy atom. The summed E-state index contributed by atoms with van der Waals surface area (Å²) in [6.07, 6.45) is 2.11. The number of nitrogens with one attached hydrogen (secondary N) is 1. The zero-order chi connectivity index (χ0) is 10.8. The number of amides is 1. The van der Waals surface area contributed by atoms with Crippen LogP contribution in [0.2, 0.25) is 0 Å². The number of carbonyl (C=O) groups excluding carboxylic acids is 1. The lowest BCUT2D eigenvalue weighted by molar-refractivity contribution is -0.118. The summed E-state index contributed by atoms with van der Waals surface area (Å²) in [6.45, 7) is 3.62. The van der Waals surface area contributed by atoms with Crippen LogP contribution in [0, 0.1) is 0 Å². The molecule has 4 nitrogen and oxygen atoms in total. The van der Waals surface area contributed by atoms with Gasteiger partial charge in [0.2, 0.25) is 5.91 Å². The Balaban J connectivity index is 2.21. The monoisotopic (exact) mass is 218 g/mol. The lowest BCUT2D eigenvalue weighted by atomic mass is 10.1. The van der Waals surface area contributed by atoms with Gasteiger partial charge < -0.3 is 11.1 Å². The fraction of sp³-hybridized carbons (Fsp3) is 0.889. The predicted molar refractivity (Wildman–Crippen MR) is 57.3 cm³/mol. The van der Waals surface area contributed by atoms with Crippen LogP contribution in [-0.2, 0) is 15.6 Å². The quantitative estimate of drug-likeness (QED) is 0.668. The van der Waals surface area contributed by atoms with Gasteiger partial charge in [-0.3, -0.25) is 9.00 Å². The Kier molecular flexibility index (Phi) is 3.66. The van der Waals surface area contributed by atoms with Crippen LogP contribution in [0.25, 0.3) is 0 Å². The Morgan fingerprint density at radius 2 is 2.14 bits per heavy atom. The molecule has 14 heavy (non-hydrogen) atoms. The van der Waals surface area contributed by atoms with Crippen molar-refractivity contribution in [3.8, 4) is 0 Å². The molecule has 0 radical (unpaired) electrons. The highest BCUT2D eigenvalue weighted by molar-refractivity contribution is 7.85. The van der Waals surface area contributed by atoms with Gasteiger partial charge in [-0.1, -0.05) is 0 Å². The smallest absolute Gasteiger partial charge is 0.232 e. The van der Waals surface area contributed by atoms with Gasteiger partial charge in [-0.25, -0.2) is 0 Å². The van der Waals surface area contributed by atoms with E-state index in [1.807, 2.05) is 13.8 Å². The molecule has 1 atom stereocenters. The van der Waals surface area contributed by atoms with Crippen LogP contribution in [0.15, 0.2) is 0 Å². The normalized spacial score (nSPS) is 19.1. The third-order valence-corrected chi connectivity index (χ3v) is 3.42. The van der Waals surface area contributed by atoms with Crippen LogP contribution < -0.4 is 11.1 Å². The first-order valence-electron chi connectivity index (χ1n) is 4.80. The molecule has 1 aliphatic carbocycles. The minimum Gasteiger partial charge on any atom is -0.353 e. The second kappa shape index (κ2) is 4.40. The van der Waals surface area contributed by atoms with Crippen molar-refractivity contribution in [1.82, 2.24) is 5.32 Å². The molecular weight excluding hydrogens is 200 g/mol. The summed E-state index contributed by atoms with van der Waals surface area (Å²) in [6, 6.07) is 0.338. The average molecular weight is 218 g/mol. The number of rotatable bonds is 5. The molecule has 3 N–H and O–H groups in total. The summed E-state index contributed by atoms with van der Waals surface area (Å²) < 4.78 is 11.4. The largest absolute Gasteiger partial charge is 0.353 e. The highest BCUT2D eigenvalue weighted by Crippen LogP contribution is 2.18. The van der Waals surface area contributed by atoms with Crippen LogP contribution in [0.4, 0.5) is 0 Å². The van der Waals surface area contributed by atoms with E-state index < -0.39 is 16.3 Å². The molecule has 0 aromatic rings. The molecule has 1 saturated carbocycles. The van der Waals surface area contributed by atoms with E-state index in [0.29, 0.717) is 11.8 Å². The van der Waals surface area contributed by atoms with Crippen molar-refractivity contribution in [3.05, 3.63) is 0 Å². The van der Waals surface area contributed by atoms with E-state index in [1.165, 1.54) is 0 Å². The van der Waals surface area contributed by atoms with Crippen LogP contribution in [0.3, 0.4) is 0 Å². The van der Waals surface area contributed by atoms with Crippen LogP contribution >= 0.6 is 0 Å². The fourth-order valence-corrected chi connectivity index (χ4v) is 2.42. The molecule has 0 spiro atoms. The molecule has 0 aromatic carbocycles. The van der Waals surface area contributed by atoms with Crippen LogP contribution in [0.5, 0.6) is 0 Å². The summed E-state index contributed by atoms with van der Waals surface area (Å²) >= 11 is 0. The average Bonchev–Trinajstić information content (AvgIpc) is 2.64. The number of nitrogens with two attached hydrogens (primary N) is 1. The Morgan fingerprint density at radius 1 is 1.57 bits per heavy atom. The van der Waals surface area contributed by atoms with Gasteiger partial charge in [-0.2, -0.15) is 0 Å². The number of carbonyl (C=O) groups is 1. The van der Waals surface area contributed by atoms with Gasteiger partial charge >= 0.3 is 0 Å². The summed E-state index contributed by atoms with van der Waals surface area (Å²) in [7, 11) is -1.15. The van der Waals surface area contributed by atoms with Crippen molar-refractivity contribution in [3.63, 3.8) is 0 Å². The van der Waals surface area contributed by atoms with E-state index in [0.717, 1.165) is 12.8 Å². The van der Waals surface area contributed by atoms with E-state index >= 15 is 0 Å². The van der Waals surface area contributed by atoms with Gasteiger partial charge in [0.1, 0.15) is 5.75 Å². The van der Waals surface area contributed by atoms with E-state index in [9.17, 15) is 9.00 Å². The molecule has 0 heterocycles. The summed E-state index contributed by atoms with van der Waals surface area (Å²) in [5.41, 5.74) is 5.23. The van der Waals surface area contributed by atoms with Gasteiger partial charge in [0.15, 0.2) is 0 Å². The molecule has 1 rings (SSSR count). The zero-order valence-electron chi connectivity index (χ0n) is 8.71. The molecular formula is C9H18N2O2S. The van der Waals surface area contributed by atoms with Crippen molar-refractivity contribution in [2.24, 2.45) is 5.73 Å². The minimum absolute atomic E-state index is 0.0805. The molecule has 1 fully saturated rings. The summed E-state index contributed by atoms with van der Waals surface area (Å²) in [5.74, 6) is 0.331. The molecule has 82 valence electrons. The molecule has 5 heteroatoms. The summed E-state index contributed by atoms with van der Waals surface area (Å²) in [4.78, 5) is 11.2. The second-order valence-electron chi connectivity index (χ2n) is 4.56. The Bertz CT molecular complexity index is 244. The molecule has 1 aliphatic rings. The molecule has 1 amide bonds. The first-order valence-corrected chi connectivity index (χ1v) is 6.29. The van der Waals surface area contributed by atoms with Crippen molar-refractivity contribution in [1.29, 1.82) is 0 Å². The van der Waals surface area contributed by atoms with Crippen LogP contribution in [-0.4, -0.2) is 33.2 Å². The Labute approximate surface area is 87.1 Å². The number of hydrogen-bond acceptors (Lipinski definition) is 3. The van der Waals surface area contributed by atoms with E-state index in [-0.39, 0.29) is 11.7 Å². The Hall–Kier alpha value is -0.420. The van der Waals surface area contributed by atoms with Gasteiger partial charge in [0, 0.05) is 28.1 Å². The standard InChI is InChI=1S/C9H18N2O2S/c1-9(2,10)6-14(13)5-8(12)11-7-3-4-7/h7H,3-6,10H2,1-2H3,(H,11,12). The summed E-state index contributed by atoms with van der Waals surface area (Å²) in [5, 5.41) is 2.80. The zero-order valence-corrected chi connectivity index (χ0v) is 9.52. The molecule has 0 saturated heterocycles. The van der Waals surface area contributed by atoms with E-state index in [1.54, 1.807) is 0 Å². The molecule has 1 unspecified atom stereocenters. The first kappa shape index (κ1) is 11.7. The third kappa shape index (κ3) is 5.34. The van der Waals surface area contributed by atoms with Crippen molar-refractivity contribution in [2.75, 3.05) is 11.5 Å². The van der Waals surface area contributed by atoms with Gasteiger partial charge in [-0.05, 0) is 26.7 Å². The minimum atomic E-state index is -1.15.